The SMILES string of the molecule is COC(CNC(=O)NC1c2ccccc2CC1O)c1ccc(F)cc1. The van der Waals surface area contributed by atoms with E-state index in [4.69, 9.17) is 4.74 Å². The summed E-state index contributed by atoms with van der Waals surface area (Å²) in [6.45, 7) is 0.235. The molecule has 3 rings (SSSR count). The Bertz CT molecular complexity index is 736. The van der Waals surface area contributed by atoms with Crippen molar-refractivity contribution in [3.05, 3.63) is 71.0 Å². The molecule has 5 nitrogen and oxygen atoms in total. The molecule has 25 heavy (non-hydrogen) atoms. The van der Waals surface area contributed by atoms with Gasteiger partial charge in [0.2, 0.25) is 0 Å². The number of hydrogen-bond donors (Lipinski definition) is 3. The summed E-state index contributed by atoms with van der Waals surface area (Å²) in [6, 6.07) is 12.8. The van der Waals surface area contributed by atoms with Gasteiger partial charge in [-0.05, 0) is 28.8 Å². The van der Waals surface area contributed by atoms with Gasteiger partial charge < -0.3 is 20.5 Å². The Kier molecular flexibility index (Phi) is 5.31. The number of methoxy groups -OCH3 is 1. The van der Waals surface area contributed by atoms with E-state index in [-0.39, 0.29) is 24.5 Å². The van der Waals surface area contributed by atoms with E-state index < -0.39 is 12.1 Å². The average molecular weight is 344 g/mol. The fourth-order valence-corrected chi connectivity index (χ4v) is 3.14. The van der Waals surface area contributed by atoms with Gasteiger partial charge in [-0.15, -0.1) is 0 Å². The molecule has 0 saturated heterocycles. The molecule has 1 aliphatic rings. The van der Waals surface area contributed by atoms with Gasteiger partial charge in [0.15, 0.2) is 0 Å². The predicted molar refractivity (Wildman–Crippen MR) is 91.6 cm³/mol. The third-order valence-electron chi connectivity index (χ3n) is 4.46. The maximum Gasteiger partial charge on any atom is 0.315 e. The van der Waals surface area contributed by atoms with Crippen LogP contribution in [0.15, 0.2) is 48.5 Å². The molecule has 2 amide bonds. The Labute approximate surface area is 145 Å². The second kappa shape index (κ2) is 7.63. The number of ether oxygens (including phenoxy) is 1. The number of aliphatic hydroxyl groups excluding tert-OH is 1. The summed E-state index contributed by atoms with van der Waals surface area (Å²) in [6.07, 6.45) is -0.497. The summed E-state index contributed by atoms with van der Waals surface area (Å²) < 4.78 is 18.4. The van der Waals surface area contributed by atoms with Gasteiger partial charge in [0.05, 0.1) is 18.2 Å². The highest BCUT2D eigenvalue weighted by atomic mass is 19.1. The zero-order chi connectivity index (χ0) is 17.8. The van der Waals surface area contributed by atoms with Crippen LogP contribution in [0.2, 0.25) is 0 Å². The van der Waals surface area contributed by atoms with Crippen molar-refractivity contribution >= 4 is 6.03 Å². The largest absolute Gasteiger partial charge is 0.390 e. The molecule has 132 valence electrons. The molecule has 0 radical (unpaired) electrons. The van der Waals surface area contributed by atoms with E-state index in [1.54, 1.807) is 12.1 Å². The van der Waals surface area contributed by atoms with E-state index >= 15 is 0 Å². The minimum atomic E-state index is -0.640. The monoisotopic (exact) mass is 344 g/mol. The van der Waals surface area contributed by atoms with Crippen LogP contribution < -0.4 is 10.6 Å². The van der Waals surface area contributed by atoms with Gasteiger partial charge in [-0.3, -0.25) is 0 Å². The van der Waals surface area contributed by atoms with Gasteiger partial charge in [0, 0.05) is 20.1 Å². The van der Waals surface area contributed by atoms with E-state index in [1.165, 1.54) is 19.2 Å². The number of nitrogens with one attached hydrogen (secondary N) is 2. The summed E-state index contributed by atoms with van der Waals surface area (Å²) in [5.41, 5.74) is 2.75. The highest BCUT2D eigenvalue weighted by Crippen LogP contribution is 2.31. The third-order valence-corrected chi connectivity index (χ3v) is 4.46. The number of rotatable bonds is 5. The lowest BCUT2D eigenvalue weighted by atomic mass is 10.1. The van der Waals surface area contributed by atoms with Crippen LogP contribution in [0.25, 0.3) is 0 Å². The lowest BCUT2D eigenvalue weighted by Crippen LogP contribution is -2.42. The van der Waals surface area contributed by atoms with Crippen LogP contribution in [0.3, 0.4) is 0 Å². The maximum absolute atomic E-state index is 13.0. The molecule has 2 aromatic carbocycles. The fraction of sp³-hybridized carbons (Fsp3) is 0.316. The Morgan fingerprint density at radius 3 is 2.72 bits per heavy atom. The predicted octanol–water partition coefficient (Wildman–Crippen LogP) is 2.47. The first-order valence-electron chi connectivity index (χ1n) is 8.17. The standard InChI is InChI=1S/C19H21FN2O3/c1-25-17(12-6-8-14(20)9-7-12)11-21-19(24)22-18-15-5-3-2-4-13(15)10-16(18)23/h2-9,16-18,23H,10-11H2,1H3,(H2,21,22,24). The van der Waals surface area contributed by atoms with Crippen LogP contribution in [-0.4, -0.2) is 30.9 Å². The summed E-state index contributed by atoms with van der Waals surface area (Å²) in [7, 11) is 1.53. The Morgan fingerprint density at radius 2 is 2.00 bits per heavy atom. The van der Waals surface area contributed by atoms with Crippen molar-refractivity contribution < 1.29 is 19.0 Å². The van der Waals surface area contributed by atoms with Crippen LogP contribution >= 0.6 is 0 Å². The normalized spacial score (nSPS) is 20.0. The Balaban J connectivity index is 1.58. The zero-order valence-electron chi connectivity index (χ0n) is 13.9. The number of hydrogen-bond acceptors (Lipinski definition) is 3. The van der Waals surface area contributed by atoms with Crippen molar-refractivity contribution in [2.75, 3.05) is 13.7 Å². The van der Waals surface area contributed by atoms with E-state index in [9.17, 15) is 14.3 Å². The van der Waals surface area contributed by atoms with Crippen molar-refractivity contribution in [3.8, 4) is 0 Å². The smallest absolute Gasteiger partial charge is 0.315 e. The fourth-order valence-electron chi connectivity index (χ4n) is 3.14. The second-order valence-electron chi connectivity index (χ2n) is 6.08. The second-order valence-corrected chi connectivity index (χ2v) is 6.08. The number of urea groups is 1. The first-order valence-corrected chi connectivity index (χ1v) is 8.17. The lowest BCUT2D eigenvalue weighted by molar-refractivity contribution is 0.102. The minimum Gasteiger partial charge on any atom is -0.390 e. The molecule has 2 aromatic rings. The number of fused-ring (bicyclic) bond motifs is 1. The molecule has 0 spiro atoms. The van der Waals surface area contributed by atoms with Crippen LogP contribution in [0.1, 0.15) is 28.8 Å². The first kappa shape index (κ1) is 17.4. The van der Waals surface area contributed by atoms with Gasteiger partial charge in [0.25, 0.3) is 0 Å². The number of halogens is 1. The third kappa shape index (κ3) is 3.97. The summed E-state index contributed by atoms with van der Waals surface area (Å²) in [5, 5.41) is 15.7. The summed E-state index contributed by atoms with van der Waals surface area (Å²) in [5.74, 6) is -0.321. The highest BCUT2D eigenvalue weighted by molar-refractivity contribution is 5.74. The van der Waals surface area contributed by atoms with E-state index in [2.05, 4.69) is 10.6 Å². The van der Waals surface area contributed by atoms with E-state index in [0.717, 1.165) is 16.7 Å². The lowest BCUT2D eigenvalue weighted by Gasteiger charge is -2.20. The van der Waals surface area contributed by atoms with Crippen molar-refractivity contribution in [2.45, 2.75) is 24.7 Å². The minimum absolute atomic E-state index is 0.235. The molecule has 3 atom stereocenters. The maximum atomic E-state index is 13.0. The molecule has 3 unspecified atom stereocenters. The van der Waals surface area contributed by atoms with Crippen molar-refractivity contribution in [2.24, 2.45) is 0 Å². The molecule has 0 aliphatic heterocycles. The van der Waals surface area contributed by atoms with Crippen LogP contribution in [0, 0.1) is 5.82 Å². The quantitative estimate of drug-likeness (QED) is 0.780. The van der Waals surface area contributed by atoms with Crippen LogP contribution in [-0.2, 0) is 11.2 Å². The number of carbonyl (C=O) groups is 1. The zero-order valence-corrected chi connectivity index (χ0v) is 13.9. The van der Waals surface area contributed by atoms with E-state index in [0.29, 0.717) is 6.42 Å². The number of carbonyl (C=O) groups excluding carboxylic acids is 1. The molecule has 0 bridgehead atoms. The average Bonchev–Trinajstić information content (AvgIpc) is 2.92. The molecule has 0 heterocycles. The Morgan fingerprint density at radius 1 is 1.28 bits per heavy atom. The molecule has 0 aromatic heterocycles. The van der Waals surface area contributed by atoms with Gasteiger partial charge in [0.1, 0.15) is 5.82 Å². The number of amides is 2. The Hall–Kier alpha value is -2.44. The molecule has 3 N–H and O–H groups in total. The van der Waals surface area contributed by atoms with Crippen LogP contribution in [0.4, 0.5) is 9.18 Å². The summed E-state index contributed by atoms with van der Waals surface area (Å²) >= 11 is 0. The highest BCUT2D eigenvalue weighted by Gasteiger charge is 2.31. The molecule has 0 fully saturated rings. The number of benzene rings is 2. The van der Waals surface area contributed by atoms with Crippen LogP contribution in [0.5, 0.6) is 0 Å². The summed E-state index contributed by atoms with van der Waals surface area (Å²) in [4.78, 5) is 12.2. The molecular formula is C19H21FN2O3. The molecular weight excluding hydrogens is 323 g/mol. The van der Waals surface area contributed by atoms with Gasteiger partial charge in [-0.2, -0.15) is 0 Å². The topological polar surface area (TPSA) is 70.6 Å². The van der Waals surface area contributed by atoms with Gasteiger partial charge in [-0.1, -0.05) is 36.4 Å². The van der Waals surface area contributed by atoms with Crippen molar-refractivity contribution in [3.63, 3.8) is 0 Å². The van der Waals surface area contributed by atoms with Crippen molar-refractivity contribution in [1.29, 1.82) is 0 Å². The molecule has 1 aliphatic carbocycles. The van der Waals surface area contributed by atoms with Gasteiger partial charge >= 0.3 is 6.03 Å². The van der Waals surface area contributed by atoms with Gasteiger partial charge in [-0.25, -0.2) is 9.18 Å². The van der Waals surface area contributed by atoms with E-state index in [1.807, 2.05) is 24.3 Å². The molecule has 6 heteroatoms. The van der Waals surface area contributed by atoms with Crippen molar-refractivity contribution in [1.82, 2.24) is 10.6 Å². The molecule has 0 saturated carbocycles. The first-order chi connectivity index (χ1) is 12.1. The number of aliphatic hydroxyl groups is 1.